The first kappa shape index (κ1) is 18.2. The lowest BCUT2D eigenvalue weighted by Crippen LogP contribution is -2.13. The van der Waals surface area contributed by atoms with E-state index in [-0.39, 0.29) is 4.90 Å². The van der Waals surface area contributed by atoms with Gasteiger partial charge in [0.2, 0.25) is 0 Å². The second-order valence-electron chi connectivity index (χ2n) is 6.29. The van der Waals surface area contributed by atoms with E-state index in [1.165, 1.54) is 16.4 Å². The zero-order valence-corrected chi connectivity index (χ0v) is 15.8. The largest absolute Gasteiger partial charge is 0.280 e. The Morgan fingerprint density at radius 3 is 2.38 bits per heavy atom. The van der Waals surface area contributed by atoms with Crippen molar-refractivity contribution in [2.75, 3.05) is 4.72 Å². The third-order valence-corrected chi connectivity index (χ3v) is 5.54. The molecule has 3 aromatic rings. The van der Waals surface area contributed by atoms with Gasteiger partial charge in [-0.1, -0.05) is 55.8 Å². The molecule has 0 amide bonds. The van der Waals surface area contributed by atoms with Crippen LogP contribution in [0.4, 0.5) is 5.69 Å². The summed E-state index contributed by atoms with van der Waals surface area (Å²) in [5, 5.41) is 4.33. The van der Waals surface area contributed by atoms with Crippen molar-refractivity contribution in [2.24, 2.45) is 7.05 Å². The highest BCUT2D eigenvalue weighted by atomic mass is 32.2. The molecule has 0 bridgehead atoms. The number of hydrogen-bond acceptors (Lipinski definition) is 3. The molecule has 0 aliphatic heterocycles. The monoisotopic (exact) mass is 369 g/mol. The van der Waals surface area contributed by atoms with Gasteiger partial charge in [-0.05, 0) is 30.5 Å². The summed E-state index contributed by atoms with van der Waals surface area (Å²) < 4.78 is 30.0. The molecule has 136 valence electrons. The first-order valence-corrected chi connectivity index (χ1v) is 10.2. The van der Waals surface area contributed by atoms with Crippen molar-refractivity contribution in [2.45, 2.75) is 31.1 Å². The average Bonchev–Trinajstić information content (AvgIpc) is 3.04. The molecule has 0 atom stereocenters. The molecule has 0 saturated carbocycles. The zero-order chi connectivity index (χ0) is 18.6. The van der Waals surface area contributed by atoms with E-state index in [1.54, 1.807) is 19.2 Å². The number of aryl methyl sites for hydroxylation is 2. The smallest absolute Gasteiger partial charge is 0.265 e. The highest BCUT2D eigenvalue weighted by Gasteiger charge is 2.23. The second kappa shape index (κ2) is 7.74. The fraction of sp³-hybridized carbons (Fsp3) is 0.250. The maximum atomic E-state index is 12.9. The molecule has 0 fully saturated rings. The molecule has 0 aliphatic carbocycles. The third-order valence-electron chi connectivity index (χ3n) is 4.16. The molecule has 0 radical (unpaired) electrons. The van der Waals surface area contributed by atoms with E-state index in [9.17, 15) is 8.42 Å². The Labute approximate surface area is 154 Å². The first-order chi connectivity index (χ1) is 12.5. The van der Waals surface area contributed by atoms with Crippen LogP contribution in [0.1, 0.15) is 25.3 Å². The quantitative estimate of drug-likeness (QED) is 0.678. The van der Waals surface area contributed by atoms with Gasteiger partial charge in [0.1, 0.15) is 10.6 Å². The van der Waals surface area contributed by atoms with Crippen LogP contribution in [0, 0.1) is 0 Å². The molecule has 1 aromatic heterocycles. The molecule has 26 heavy (non-hydrogen) atoms. The molecule has 6 heteroatoms. The predicted molar refractivity (Wildman–Crippen MR) is 105 cm³/mol. The van der Waals surface area contributed by atoms with Crippen LogP contribution in [-0.4, -0.2) is 18.2 Å². The van der Waals surface area contributed by atoms with Crippen LogP contribution in [0.25, 0.3) is 11.3 Å². The van der Waals surface area contributed by atoms with Crippen LogP contribution < -0.4 is 4.72 Å². The molecule has 2 aromatic carbocycles. The molecule has 1 heterocycles. The lowest BCUT2D eigenvalue weighted by Gasteiger charge is -2.09. The molecule has 0 spiro atoms. The number of nitrogens with one attached hydrogen (secondary N) is 1. The lowest BCUT2D eigenvalue weighted by atomic mass is 10.1. The maximum absolute atomic E-state index is 12.9. The molecule has 0 saturated heterocycles. The number of rotatable bonds is 7. The zero-order valence-electron chi connectivity index (χ0n) is 15.0. The topological polar surface area (TPSA) is 64.0 Å². The molecule has 0 aliphatic rings. The number of sulfonamides is 1. The van der Waals surface area contributed by atoms with Gasteiger partial charge in [-0.3, -0.25) is 9.40 Å². The van der Waals surface area contributed by atoms with Gasteiger partial charge in [-0.15, -0.1) is 0 Å². The minimum Gasteiger partial charge on any atom is -0.280 e. The van der Waals surface area contributed by atoms with E-state index >= 15 is 0 Å². The van der Waals surface area contributed by atoms with Gasteiger partial charge in [0.05, 0.1) is 0 Å². The standard InChI is InChI=1S/C20H23N3O2S/c1-3-4-8-16-11-13-18(14-12-16)22-26(24,25)19-15-23(2)21-20(19)17-9-6-5-7-10-17/h5-7,9-15,22H,3-4,8H2,1-2H3. The summed E-state index contributed by atoms with van der Waals surface area (Å²) in [7, 11) is -2.02. The number of aromatic nitrogens is 2. The number of benzene rings is 2. The van der Waals surface area contributed by atoms with E-state index < -0.39 is 10.0 Å². The Morgan fingerprint density at radius 2 is 1.73 bits per heavy atom. The SMILES string of the molecule is CCCCc1ccc(NS(=O)(=O)c2cn(C)nc2-c2ccccc2)cc1. The Kier molecular flexibility index (Phi) is 5.42. The molecule has 3 rings (SSSR count). The van der Waals surface area contributed by atoms with Crippen molar-refractivity contribution in [3.05, 3.63) is 66.4 Å². The van der Waals surface area contributed by atoms with E-state index in [1.807, 2.05) is 42.5 Å². The molecule has 1 N–H and O–H groups in total. The van der Waals surface area contributed by atoms with Crippen molar-refractivity contribution < 1.29 is 8.42 Å². The summed E-state index contributed by atoms with van der Waals surface area (Å²) in [6, 6.07) is 16.9. The third kappa shape index (κ3) is 4.14. The van der Waals surface area contributed by atoms with E-state index in [0.717, 1.165) is 24.8 Å². The molecular weight excluding hydrogens is 346 g/mol. The molecule has 5 nitrogen and oxygen atoms in total. The van der Waals surface area contributed by atoms with E-state index in [2.05, 4.69) is 16.7 Å². The number of hydrogen-bond donors (Lipinski definition) is 1. The Balaban J connectivity index is 1.87. The van der Waals surface area contributed by atoms with Crippen LogP contribution >= 0.6 is 0 Å². The van der Waals surface area contributed by atoms with Crippen molar-refractivity contribution in [3.8, 4) is 11.3 Å². The number of nitrogens with zero attached hydrogens (tertiary/aromatic N) is 2. The van der Waals surface area contributed by atoms with Crippen molar-refractivity contribution in [3.63, 3.8) is 0 Å². The van der Waals surface area contributed by atoms with Gasteiger partial charge in [0.15, 0.2) is 0 Å². The summed E-state index contributed by atoms with van der Waals surface area (Å²) >= 11 is 0. The lowest BCUT2D eigenvalue weighted by molar-refractivity contribution is 0.601. The Morgan fingerprint density at radius 1 is 1.04 bits per heavy atom. The summed E-state index contributed by atoms with van der Waals surface area (Å²) in [6.07, 6.45) is 4.80. The first-order valence-electron chi connectivity index (χ1n) is 8.70. The van der Waals surface area contributed by atoms with Crippen LogP contribution in [0.3, 0.4) is 0 Å². The van der Waals surface area contributed by atoms with Crippen molar-refractivity contribution in [1.82, 2.24) is 9.78 Å². The van der Waals surface area contributed by atoms with Gasteiger partial charge < -0.3 is 0 Å². The minimum absolute atomic E-state index is 0.168. The Hall–Kier alpha value is -2.60. The second-order valence-corrected chi connectivity index (χ2v) is 7.94. The van der Waals surface area contributed by atoms with Crippen LogP contribution in [0.15, 0.2) is 65.7 Å². The van der Waals surface area contributed by atoms with Crippen LogP contribution in [-0.2, 0) is 23.5 Å². The molecular formula is C20H23N3O2S. The number of unbranched alkanes of at least 4 members (excludes halogenated alkanes) is 1. The highest BCUT2D eigenvalue weighted by molar-refractivity contribution is 7.92. The van der Waals surface area contributed by atoms with E-state index in [0.29, 0.717) is 11.4 Å². The molecule has 0 unspecified atom stereocenters. The normalized spacial score (nSPS) is 11.5. The van der Waals surface area contributed by atoms with Gasteiger partial charge in [0, 0.05) is 24.5 Å². The fourth-order valence-corrected chi connectivity index (χ4v) is 4.05. The van der Waals surface area contributed by atoms with Gasteiger partial charge in [0.25, 0.3) is 10.0 Å². The maximum Gasteiger partial charge on any atom is 0.265 e. The number of anilines is 1. The highest BCUT2D eigenvalue weighted by Crippen LogP contribution is 2.27. The van der Waals surface area contributed by atoms with Crippen LogP contribution in [0.5, 0.6) is 0 Å². The Bertz CT molecular complexity index is 962. The summed E-state index contributed by atoms with van der Waals surface area (Å²) in [4.78, 5) is 0.168. The van der Waals surface area contributed by atoms with Gasteiger partial charge in [-0.25, -0.2) is 8.42 Å². The van der Waals surface area contributed by atoms with Crippen LogP contribution in [0.2, 0.25) is 0 Å². The summed E-state index contributed by atoms with van der Waals surface area (Å²) in [6.45, 7) is 2.15. The van der Waals surface area contributed by atoms with Crippen molar-refractivity contribution >= 4 is 15.7 Å². The summed E-state index contributed by atoms with van der Waals surface area (Å²) in [5.74, 6) is 0. The fourth-order valence-electron chi connectivity index (χ4n) is 2.79. The predicted octanol–water partition coefficient (Wildman–Crippen LogP) is 4.23. The summed E-state index contributed by atoms with van der Waals surface area (Å²) in [5.41, 5.74) is 2.97. The average molecular weight is 369 g/mol. The van der Waals surface area contributed by atoms with E-state index in [4.69, 9.17) is 0 Å². The van der Waals surface area contributed by atoms with Gasteiger partial charge in [-0.2, -0.15) is 5.10 Å². The van der Waals surface area contributed by atoms with Gasteiger partial charge >= 0.3 is 0 Å². The van der Waals surface area contributed by atoms with Crippen molar-refractivity contribution in [1.29, 1.82) is 0 Å². The minimum atomic E-state index is -3.73.